The van der Waals surface area contributed by atoms with Crippen LogP contribution < -0.4 is 0 Å². The largest absolute Gasteiger partial charge is 0.342 e. The molecule has 1 amide bonds. The number of fused-ring (bicyclic) bond motifs is 1. The Morgan fingerprint density at radius 1 is 1.35 bits per heavy atom. The Bertz CT molecular complexity index is 727. The summed E-state index contributed by atoms with van der Waals surface area (Å²) in [7, 11) is 0. The van der Waals surface area contributed by atoms with E-state index in [0.29, 0.717) is 12.3 Å². The Morgan fingerprint density at radius 3 is 3.04 bits per heavy atom. The molecule has 2 aromatic rings. The second-order valence-electron chi connectivity index (χ2n) is 5.95. The van der Waals surface area contributed by atoms with Gasteiger partial charge >= 0.3 is 0 Å². The molecule has 120 valence electrons. The zero-order valence-corrected chi connectivity index (χ0v) is 14.0. The van der Waals surface area contributed by atoms with Crippen molar-refractivity contribution >= 4 is 33.7 Å². The topological polar surface area (TPSA) is 50.3 Å². The minimum Gasteiger partial charge on any atom is -0.342 e. The minimum absolute atomic E-state index is 0.124. The maximum atomic E-state index is 12.1. The number of likely N-dealkylation sites (tertiary alicyclic amines) is 1. The fourth-order valence-corrected chi connectivity index (χ4v) is 3.75. The first-order chi connectivity index (χ1) is 11.1. The average molecular weight is 328 g/mol. The predicted octanol–water partition coefficient (Wildman–Crippen LogP) is 2.91. The van der Waals surface area contributed by atoms with Gasteiger partial charge in [0.1, 0.15) is 0 Å². The number of carbonyl (C=O) groups is 2. The van der Waals surface area contributed by atoms with Gasteiger partial charge in [-0.05, 0) is 30.0 Å². The fraction of sp³-hybridized carbons (Fsp3) is 0.389. The summed E-state index contributed by atoms with van der Waals surface area (Å²) in [6.07, 6.45) is 3.20. The van der Waals surface area contributed by atoms with E-state index in [0.717, 1.165) is 36.2 Å². The Kier molecular flexibility index (Phi) is 4.96. The fourth-order valence-electron chi connectivity index (χ4n) is 3.06. The molecule has 4 nitrogen and oxygen atoms in total. The van der Waals surface area contributed by atoms with E-state index in [1.807, 2.05) is 23.1 Å². The number of nitrogens with zero attached hydrogens (tertiary/aromatic N) is 2. The van der Waals surface area contributed by atoms with Crippen LogP contribution in [0.5, 0.6) is 0 Å². The third kappa shape index (κ3) is 3.91. The van der Waals surface area contributed by atoms with Crippen molar-refractivity contribution in [2.24, 2.45) is 5.92 Å². The van der Waals surface area contributed by atoms with Crippen LogP contribution in [0, 0.1) is 5.92 Å². The van der Waals surface area contributed by atoms with Crippen LogP contribution >= 0.6 is 11.8 Å². The Balaban J connectivity index is 1.61. The summed E-state index contributed by atoms with van der Waals surface area (Å²) in [6, 6.07) is 10.2. The zero-order valence-electron chi connectivity index (χ0n) is 13.2. The van der Waals surface area contributed by atoms with E-state index < -0.39 is 0 Å². The first-order valence-corrected chi connectivity index (χ1v) is 8.86. The van der Waals surface area contributed by atoms with E-state index in [9.17, 15) is 9.59 Å². The van der Waals surface area contributed by atoms with Crippen molar-refractivity contribution in [2.45, 2.75) is 19.8 Å². The van der Waals surface area contributed by atoms with Gasteiger partial charge in [-0.25, -0.2) is 0 Å². The van der Waals surface area contributed by atoms with Crippen molar-refractivity contribution < 1.29 is 9.59 Å². The highest BCUT2D eigenvalue weighted by Crippen LogP contribution is 2.23. The highest BCUT2D eigenvalue weighted by Gasteiger charge is 2.29. The van der Waals surface area contributed by atoms with Crippen LogP contribution in [-0.2, 0) is 16.0 Å². The van der Waals surface area contributed by atoms with Gasteiger partial charge in [0.25, 0.3) is 0 Å². The van der Waals surface area contributed by atoms with Gasteiger partial charge in [-0.3, -0.25) is 14.6 Å². The number of aromatic nitrogens is 1. The second-order valence-corrected chi connectivity index (χ2v) is 7.15. The molecule has 1 fully saturated rings. The lowest BCUT2D eigenvalue weighted by atomic mass is 10.1. The highest BCUT2D eigenvalue weighted by molar-refractivity contribution is 8.13. The smallest absolute Gasteiger partial charge is 0.222 e. The third-order valence-corrected chi connectivity index (χ3v) is 5.25. The summed E-state index contributed by atoms with van der Waals surface area (Å²) in [5.74, 6) is 1.25. The Morgan fingerprint density at radius 2 is 2.22 bits per heavy atom. The average Bonchev–Trinajstić information content (AvgIpc) is 2.91. The summed E-state index contributed by atoms with van der Waals surface area (Å²) in [4.78, 5) is 29.5. The molecule has 0 aliphatic carbocycles. The predicted molar refractivity (Wildman–Crippen MR) is 93.3 cm³/mol. The summed E-state index contributed by atoms with van der Waals surface area (Å²) in [6.45, 7) is 3.07. The summed E-state index contributed by atoms with van der Waals surface area (Å²) >= 11 is 1.32. The van der Waals surface area contributed by atoms with Crippen molar-refractivity contribution in [3.63, 3.8) is 0 Å². The summed E-state index contributed by atoms with van der Waals surface area (Å²) in [5, 5.41) is 1.28. The first-order valence-electron chi connectivity index (χ1n) is 7.87. The Labute approximate surface area is 140 Å². The first kappa shape index (κ1) is 16.0. The van der Waals surface area contributed by atoms with Crippen LogP contribution in [0.2, 0.25) is 0 Å². The number of thioether (sulfide) groups is 1. The van der Waals surface area contributed by atoms with Crippen LogP contribution in [0.4, 0.5) is 0 Å². The third-order valence-electron chi connectivity index (χ3n) is 4.20. The molecule has 0 radical (unpaired) electrons. The lowest BCUT2D eigenvalue weighted by Crippen LogP contribution is -2.27. The molecule has 3 rings (SSSR count). The maximum absolute atomic E-state index is 12.1. The minimum atomic E-state index is 0.124. The van der Waals surface area contributed by atoms with E-state index in [2.05, 4.69) is 17.1 Å². The van der Waals surface area contributed by atoms with E-state index in [4.69, 9.17) is 0 Å². The van der Waals surface area contributed by atoms with Crippen molar-refractivity contribution in [3.8, 4) is 0 Å². The number of carbonyl (C=O) groups excluding carboxylic acids is 2. The lowest BCUT2D eigenvalue weighted by molar-refractivity contribution is -0.127. The van der Waals surface area contributed by atoms with E-state index >= 15 is 0 Å². The molecule has 1 saturated heterocycles. The number of amides is 1. The zero-order chi connectivity index (χ0) is 16.2. The van der Waals surface area contributed by atoms with Gasteiger partial charge in [0.2, 0.25) is 5.91 Å². The van der Waals surface area contributed by atoms with Crippen LogP contribution in [0.3, 0.4) is 0 Å². The molecule has 1 atom stereocenters. The molecule has 0 N–H and O–H groups in total. The second kappa shape index (κ2) is 7.13. The number of rotatable bonds is 5. The van der Waals surface area contributed by atoms with Crippen molar-refractivity contribution in [3.05, 3.63) is 42.1 Å². The standard InChI is InChI=1S/C18H20N2O2S/c1-13(21)23-12-14-10-18(22)20(11-14)9-7-15-4-2-6-17-16(15)5-3-8-19-17/h2-6,8,14H,7,9-12H2,1H3. The number of benzene rings is 1. The monoisotopic (exact) mass is 328 g/mol. The van der Waals surface area contributed by atoms with E-state index in [1.165, 1.54) is 17.3 Å². The number of hydrogen-bond acceptors (Lipinski definition) is 4. The molecule has 23 heavy (non-hydrogen) atoms. The van der Waals surface area contributed by atoms with Gasteiger partial charge in [-0.15, -0.1) is 0 Å². The van der Waals surface area contributed by atoms with E-state index in [-0.39, 0.29) is 11.0 Å². The van der Waals surface area contributed by atoms with Crippen molar-refractivity contribution in [1.29, 1.82) is 0 Å². The molecule has 1 unspecified atom stereocenters. The quantitative estimate of drug-likeness (QED) is 0.847. The molecule has 0 bridgehead atoms. The molecular weight excluding hydrogens is 308 g/mol. The van der Waals surface area contributed by atoms with Crippen molar-refractivity contribution in [2.75, 3.05) is 18.8 Å². The summed E-state index contributed by atoms with van der Waals surface area (Å²) < 4.78 is 0. The van der Waals surface area contributed by atoms with Gasteiger partial charge in [-0.1, -0.05) is 30.0 Å². The molecule has 1 aromatic heterocycles. The van der Waals surface area contributed by atoms with Gasteiger partial charge in [0, 0.05) is 43.8 Å². The van der Waals surface area contributed by atoms with Crippen LogP contribution in [-0.4, -0.2) is 39.7 Å². The van der Waals surface area contributed by atoms with E-state index in [1.54, 1.807) is 13.1 Å². The van der Waals surface area contributed by atoms with Gasteiger partial charge in [0.05, 0.1) is 5.52 Å². The molecule has 0 spiro atoms. The number of pyridine rings is 1. The maximum Gasteiger partial charge on any atom is 0.222 e. The molecule has 1 aliphatic heterocycles. The molecule has 1 aromatic carbocycles. The van der Waals surface area contributed by atoms with Gasteiger partial charge in [-0.2, -0.15) is 0 Å². The van der Waals surface area contributed by atoms with Crippen molar-refractivity contribution in [1.82, 2.24) is 9.88 Å². The molecule has 1 aliphatic rings. The molecule has 2 heterocycles. The van der Waals surface area contributed by atoms with Crippen LogP contribution in [0.15, 0.2) is 36.5 Å². The van der Waals surface area contributed by atoms with Gasteiger partial charge in [0.15, 0.2) is 5.12 Å². The highest BCUT2D eigenvalue weighted by atomic mass is 32.2. The van der Waals surface area contributed by atoms with Crippen LogP contribution in [0.1, 0.15) is 18.9 Å². The van der Waals surface area contributed by atoms with Crippen LogP contribution in [0.25, 0.3) is 10.9 Å². The molecular formula is C18H20N2O2S. The van der Waals surface area contributed by atoms with Gasteiger partial charge < -0.3 is 4.90 Å². The lowest BCUT2D eigenvalue weighted by Gasteiger charge is -2.17. The summed E-state index contributed by atoms with van der Waals surface area (Å²) in [5.41, 5.74) is 2.22. The number of hydrogen-bond donors (Lipinski definition) is 0. The molecule has 0 saturated carbocycles. The molecule has 5 heteroatoms. The SMILES string of the molecule is CC(=O)SCC1CC(=O)N(CCc2cccc3ncccc23)C1. The Hall–Kier alpha value is -1.88. The normalized spacial score (nSPS) is 17.9.